The van der Waals surface area contributed by atoms with Crippen LogP contribution in [0.25, 0.3) is 0 Å². The number of rotatable bonds is 3. The maximum atomic E-state index is 12.3. The topological polar surface area (TPSA) is 69.6 Å². The van der Waals surface area contributed by atoms with E-state index in [1.165, 1.54) is 0 Å². The van der Waals surface area contributed by atoms with E-state index >= 15 is 0 Å². The van der Waals surface area contributed by atoms with Gasteiger partial charge in [-0.2, -0.15) is 0 Å². The average Bonchev–Trinajstić information content (AvgIpc) is 2.86. The summed E-state index contributed by atoms with van der Waals surface area (Å²) in [5, 5.41) is 12.0. The molecule has 0 aromatic carbocycles. The molecule has 2 atom stereocenters. The smallest absolute Gasteiger partial charge is 0.317 e. The number of carboxylic acids is 1. The fourth-order valence-corrected chi connectivity index (χ4v) is 3.55. The predicted octanol–water partition coefficient (Wildman–Crippen LogP) is 2.85. The minimum atomic E-state index is -0.741. The molecule has 5 nitrogen and oxygen atoms in total. The van der Waals surface area contributed by atoms with Crippen LogP contribution in [0.1, 0.15) is 58.8 Å². The second-order valence-corrected chi connectivity index (χ2v) is 7.50. The molecular weight excluding hydrogens is 268 g/mol. The van der Waals surface area contributed by atoms with Crippen molar-refractivity contribution in [1.29, 1.82) is 0 Å². The first-order valence-electron chi connectivity index (χ1n) is 8.04. The van der Waals surface area contributed by atoms with E-state index in [0.29, 0.717) is 24.3 Å². The first-order valence-corrected chi connectivity index (χ1v) is 8.04. The van der Waals surface area contributed by atoms with Gasteiger partial charge in [0, 0.05) is 19.1 Å². The molecule has 0 aromatic rings. The molecule has 2 unspecified atom stereocenters. The van der Waals surface area contributed by atoms with Crippen molar-refractivity contribution in [3.63, 3.8) is 0 Å². The molecule has 2 aliphatic carbocycles. The SMILES string of the molecule is CN(C(=O)NC1CCC(C(=O)O)C1)C1CCC(C)(C)CC1. The van der Waals surface area contributed by atoms with E-state index in [4.69, 9.17) is 5.11 Å². The number of amides is 2. The third-order valence-electron chi connectivity index (χ3n) is 5.29. The van der Waals surface area contributed by atoms with E-state index in [0.717, 1.165) is 32.1 Å². The third-order valence-corrected chi connectivity index (χ3v) is 5.29. The fraction of sp³-hybridized carbons (Fsp3) is 0.875. The van der Waals surface area contributed by atoms with Crippen molar-refractivity contribution in [1.82, 2.24) is 10.2 Å². The van der Waals surface area contributed by atoms with Crippen LogP contribution in [-0.4, -0.2) is 41.1 Å². The summed E-state index contributed by atoms with van der Waals surface area (Å²) in [4.78, 5) is 25.1. The van der Waals surface area contributed by atoms with E-state index in [9.17, 15) is 9.59 Å². The Balaban J connectivity index is 1.80. The molecule has 0 spiro atoms. The van der Waals surface area contributed by atoms with Gasteiger partial charge in [0.2, 0.25) is 0 Å². The molecule has 2 amide bonds. The summed E-state index contributed by atoms with van der Waals surface area (Å²) in [5.41, 5.74) is 0.397. The number of carbonyl (C=O) groups excluding carboxylic acids is 1. The summed E-state index contributed by atoms with van der Waals surface area (Å²) in [7, 11) is 1.86. The molecule has 5 heteroatoms. The monoisotopic (exact) mass is 296 g/mol. The molecular formula is C16H28N2O3. The van der Waals surface area contributed by atoms with Crippen LogP contribution in [0.15, 0.2) is 0 Å². The van der Waals surface area contributed by atoms with Gasteiger partial charge in [-0.25, -0.2) is 4.79 Å². The van der Waals surface area contributed by atoms with Gasteiger partial charge in [-0.15, -0.1) is 0 Å². The highest BCUT2D eigenvalue weighted by Gasteiger charge is 2.33. The van der Waals surface area contributed by atoms with Gasteiger partial charge in [-0.05, 0) is 50.4 Å². The number of nitrogens with zero attached hydrogens (tertiary/aromatic N) is 1. The van der Waals surface area contributed by atoms with E-state index in [2.05, 4.69) is 19.2 Å². The Labute approximate surface area is 127 Å². The van der Waals surface area contributed by atoms with Crippen LogP contribution in [0.4, 0.5) is 4.79 Å². The molecule has 21 heavy (non-hydrogen) atoms. The normalized spacial score (nSPS) is 29.1. The van der Waals surface area contributed by atoms with Gasteiger partial charge in [-0.3, -0.25) is 4.79 Å². The maximum absolute atomic E-state index is 12.3. The van der Waals surface area contributed by atoms with E-state index in [1.54, 1.807) is 0 Å². The van der Waals surface area contributed by atoms with Gasteiger partial charge in [0.15, 0.2) is 0 Å². The van der Waals surface area contributed by atoms with E-state index in [-0.39, 0.29) is 18.0 Å². The van der Waals surface area contributed by atoms with Crippen molar-refractivity contribution in [2.45, 2.75) is 70.9 Å². The van der Waals surface area contributed by atoms with Crippen LogP contribution in [0, 0.1) is 11.3 Å². The molecule has 2 N–H and O–H groups in total. The van der Waals surface area contributed by atoms with Crippen molar-refractivity contribution < 1.29 is 14.7 Å². The molecule has 2 saturated carbocycles. The largest absolute Gasteiger partial charge is 0.481 e. The Bertz CT molecular complexity index is 398. The van der Waals surface area contributed by atoms with Gasteiger partial charge in [-0.1, -0.05) is 13.8 Å². The quantitative estimate of drug-likeness (QED) is 0.841. The Morgan fingerprint density at radius 2 is 1.76 bits per heavy atom. The van der Waals surface area contributed by atoms with Crippen LogP contribution in [0.5, 0.6) is 0 Å². The third kappa shape index (κ3) is 4.11. The molecule has 120 valence electrons. The summed E-state index contributed by atoms with van der Waals surface area (Å²) >= 11 is 0. The van der Waals surface area contributed by atoms with Gasteiger partial charge < -0.3 is 15.3 Å². The Kier molecular flexibility index (Phi) is 4.79. The standard InChI is InChI=1S/C16H28N2O3/c1-16(2)8-6-13(7-9-16)18(3)15(21)17-12-5-4-11(10-12)14(19)20/h11-13H,4-10H2,1-3H3,(H,17,21)(H,19,20). The van der Waals surface area contributed by atoms with Crippen molar-refractivity contribution >= 4 is 12.0 Å². The Morgan fingerprint density at radius 3 is 2.29 bits per heavy atom. The lowest BCUT2D eigenvalue weighted by atomic mass is 9.75. The van der Waals surface area contributed by atoms with Gasteiger partial charge in [0.1, 0.15) is 0 Å². The van der Waals surface area contributed by atoms with Crippen molar-refractivity contribution in [3.05, 3.63) is 0 Å². The van der Waals surface area contributed by atoms with E-state index < -0.39 is 5.97 Å². The zero-order chi connectivity index (χ0) is 15.6. The van der Waals surface area contributed by atoms with Crippen molar-refractivity contribution in [2.24, 2.45) is 11.3 Å². The highest BCUT2D eigenvalue weighted by atomic mass is 16.4. The minimum absolute atomic E-state index is 0.0149. The second kappa shape index (κ2) is 6.24. The summed E-state index contributed by atoms with van der Waals surface area (Å²) in [6.45, 7) is 4.57. The average molecular weight is 296 g/mol. The highest BCUT2D eigenvalue weighted by molar-refractivity contribution is 5.75. The van der Waals surface area contributed by atoms with Crippen LogP contribution in [0.2, 0.25) is 0 Å². The lowest BCUT2D eigenvalue weighted by Crippen LogP contribution is -2.48. The Morgan fingerprint density at radius 1 is 1.14 bits per heavy atom. The summed E-state index contributed by atoms with van der Waals surface area (Å²) in [5.74, 6) is -1.04. The highest BCUT2D eigenvalue weighted by Crippen LogP contribution is 2.36. The second-order valence-electron chi connectivity index (χ2n) is 7.50. The molecule has 2 rings (SSSR count). The lowest BCUT2D eigenvalue weighted by Gasteiger charge is -2.38. The van der Waals surface area contributed by atoms with Crippen LogP contribution in [-0.2, 0) is 4.79 Å². The zero-order valence-electron chi connectivity index (χ0n) is 13.4. The van der Waals surface area contributed by atoms with Crippen LogP contribution >= 0.6 is 0 Å². The molecule has 2 aliphatic rings. The molecule has 0 bridgehead atoms. The number of aliphatic carboxylic acids is 1. The molecule has 0 heterocycles. The Hall–Kier alpha value is -1.26. The first kappa shape index (κ1) is 16.1. The lowest BCUT2D eigenvalue weighted by molar-refractivity contribution is -0.141. The number of hydrogen-bond acceptors (Lipinski definition) is 2. The fourth-order valence-electron chi connectivity index (χ4n) is 3.55. The van der Waals surface area contributed by atoms with Crippen molar-refractivity contribution in [2.75, 3.05) is 7.05 Å². The number of nitrogens with one attached hydrogen (secondary N) is 1. The van der Waals surface area contributed by atoms with Crippen molar-refractivity contribution in [3.8, 4) is 0 Å². The molecule has 0 aliphatic heterocycles. The predicted molar refractivity (Wildman–Crippen MR) is 81.1 cm³/mol. The number of carbonyl (C=O) groups is 2. The molecule has 0 radical (unpaired) electrons. The van der Waals surface area contributed by atoms with E-state index in [1.807, 2.05) is 11.9 Å². The molecule has 0 saturated heterocycles. The number of carboxylic acid groups (broad SMARTS) is 1. The first-order chi connectivity index (χ1) is 9.78. The maximum Gasteiger partial charge on any atom is 0.317 e. The molecule has 0 aromatic heterocycles. The number of urea groups is 1. The van der Waals surface area contributed by atoms with Gasteiger partial charge in [0.05, 0.1) is 5.92 Å². The van der Waals surface area contributed by atoms with Crippen LogP contribution < -0.4 is 5.32 Å². The summed E-state index contributed by atoms with van der Waals surface area (Å²) in [6.07, 6.45) is 6.42. The summed E-state index contributed by atoms with van der Waals surface area (Å²) in [6, 6.07) is 0.284. The van der Waals surface area contributed by atoms with Crippen LogP contribution in [0.3, 0.4) is 0 Å². The summed E-state index contributed by atoms with van der Waals surface area (Å²) < 4.78 is 0. The molecule has 2 fully saturated rings. The number of hydrogen-bond donors (Lipinski definition) is 2. The minimum Gasteiger partial charge on any atom is -0.481 e. The van der Waals surface area contributed by atoms with Gasteiger partial charge in [0.25, 0.3) is 0 Å². The zero-order valence-corrected chi connectivity index (χ0v) is 13.4. The van der Waals surface area contributed by atoms with Gasteiger partial charge >= 0.3 is 12.0 Å².